The van der Waals surface area contributed by atoms with Gasteiger partial charge in [-0.15, -0.1) is 12.4 Å². The van der Waals surface area contributed by atoms with Gasteiger partial charge in [-0.25, -0.2) is 0 Å². The number of hydrogen-bond donors (Lipinski definition) is 1. The Balaban J connectivity index is 0.00000112. The van der Waals surface area contributed by atoms with E-state index in [0.29, 0.717) is 0 Å². The Labute approximate surface area is 94.2 Å². The molecule has 0 aromatic heterocycles. The normalized spacial score (nSPS) is 16.1. The molecule has 15 heavy (non-hydrogen) atoms. The zero-order chi connectivity index (χ0) is 10.3. The highest BCUT2D eigenvalue weighted by Crippen LogP contribution is 2.37. The van der Waals surface area contributed by atoms with Gasteiger partial charge in [-0.3, -0.25) is 10.1 Å². The van der Waals surface area contributed by atoms with Crippen LogP contribution in [0.1, 0.15) is 19.4 Å². The van der Waals surface area contributed by atoms with Crippen molar-refractivity contribution in [2.45, 2.75) is 19.3 Å². The standard InChI is InChI=1S/C10H12N2O2.ClH/c1-10(2)6-11-9-5-7(12(13)14)3-4-8(9)10;/h3-5,11H,6H2,1-2H3;1H. The first kappa shape index (κ1) is 11.8. The lowest BCUT2D eigenvalue weighted by Crippen LogP contribution is -2.18. The minimum Gasteiger partial charge on any atom is -0.384 e. The third-order valence-electron chi connectivity index (χ3n) is 2.66. The number of benzene rings is 1. The van der Waals surface area contributed by atoms with Gasteiger partial charge in [0.1, 0.15) is 0 Å². The van der Waals surface area contributed by atoms with Crippen molar-refractivity contribution in [2.24, 2.45) is 0 Å². The van der Waals surface area contributed by atoms with Gasteiger partial charge < -0.3 is 5.32 Å². The van der Waals surface area contributed by atoms with Crippen molar-refractivity contribution >= 4 is 23.8 Å². The molecule has 0 radical (unpaired) electrons. The van der Waals surface area contributed by atoms with Gasteiger partial charge in [0.25, 0.3) is 5.69 Å². The molecule has 2 rings (SSSR count). The molecule has 1 heterocycles. The van der Waals surface area contributed by atoms with Crippen LogP contribution in [-0.2, 0) is 5.41 Å². The minimum absolute atomic E-state index is 0. The molecule has 0 unspecified atom stereocenters. The van der Waals surface area contributed by atoms with Gasteiger partial charge in [0.15, 0.2) is 0 Å². The van der Waals surface area contributed by atoms with E-state index >= 15 is 0 Å². The monoisotopic (exact) mass is 228 g/mol. The van der Waals surface area contributed by atoms with E-state index in [1.54, 1.807) is 12.1 Å². The van der Waals surface area contributed by atoms with Gasteiger partial charge in [0.2, 0.25) is 0 Å². The smallest absolute Gasteiger partial charge is 0.271 e. The number of nitro groups is 1. The van der Waals surface area contributed by atoms with Crippen molar-refractivity contribution in [1.82, 2.24) is 0 Å². The van der Waals surface area contributed by atoms with Crippen molar-refractivity contribution in [3.8, 4) is 0 Å². The van der Waals surface area contributed by atoms with Crippen molar-refractivity contribution in [3.05, 3.63) is 33.9 Å². The Bertz CT molecular complexity index is 404. The number of rotatable bonds is 1. The number of nitrogens with one attached hydrogen (secondary N) is 1. The topological polar surface area (TPSA) is 55.2 Å². The molecule has 4 nitrogen and oxygen atoms in total. The second-order valence-corrected chi connectivity index (χ2v) is 4.22. The van der Waals surface area contributed by atoms with Crippen LogP contribution in [0, 0.1) is 10.1 Å². The summed E-state index contributed by atoms with van der Waals surface area (Å²) in [6, 6.07) is 5.01. The second kappa shape index (κ2) is 3.70. The van der Waals surface area contributed by atoms with Crippen LogP contribution >= 0.6 is 12.4 Å². The van der Waals surface area contributed by atoms with Gasteiger partial charge in [-0.1, -0.05) is 13.8 Å². The summed E-state index contributed by atoms with van der Waals surface area (Å²) in [6.07, 6.45) is 0. The molecule has 1 aliphatic heterocycles. The number of non-ortho nitro benzene ring substituents is 1. The van der Waals surface area contributed by atoms with Crippen LogP contribution in [0.3, 0.4) is 0 Å². The first-order chi connectivity index (χ1) is 6.50. The van der Waals surface area contributed by atoms with E-state index < -0.39 is 0 Å². The average Bonchev–Trinajstić information content (AvgIpc) is 2.42. The van der Waals surface area contributed by atoms with E-state index in [0.717, 1.165) is 17.8 Å². The molecule has 82 valence electrons. The van der Waals surface area contributed by atoms with E-state index in [1.807, 2.05) is 6.07 Å². The highest BCUT2D eigenvalue weighted by molar-refractivity contribution is 5.85. The first-order valence-corrected chi connectivity index (χ1v) is 4.53. The molecular formula is C10H13ClN2O2. The van der Waals surface area contributed by atoms with Crippen LogP contribution in [0.2, 0.25) is 0 Å². The molecule has 0 saturated heterocycles. The van der Waals surface area contributed by atoms with Gasteiger partial charge in [-0.05, 0) is 11.6 Å². The van der Waals surface area contributed by atoms with Crippen molar-refractivity contribution in [1.29, 1.82) is 0 Å². The maximum absolute atomic E-state index is 10.5. The second-order valence-electron chi connectivity index (χ2n) is 4.22. The number of anilines is 1. The molecular weight excluding hydrogens is 216 g/mol. The van der Waals surface area contributed by atoms with Crippen molar-refractivity contribution < 1.29 is 4.92 Å². The Kier molecular flexibility index (Phi) is 2.90. The zero-order valence-electron chi connectivity index (χ0n) is 8.61. The fourth-order valence-corrected chi connectivity index (χ4v) is 1.79. The lowest BCUT2D eigenvalue weighted by Gasteiger charge is -2.16. The molecule has 0 atom stereocenters. The lowest BCUT2D eigenvalue weighted by atomic mass is 9.87. The fraction of sp³-hybridized carbons (Fsp3) is 0.400. The zero-order valence-corrected chi connectivity index (χ0v) is 9.43. The van der Waals surface area contributed by atoms with Crippen molar-refractivity contribution in [3.63, 3.8) is 0 Å². The highest BCUT2D eigenvalue weighted by atomic mass is 35.5. The van der Waals surface area contributed by atoms with E-state index in [1.165, 1.54) is 0 Å². The van der Waals surface area contributed by atoms with Crippen LogP contribution in [0.4, 0.5) is 11.4 Å². The molecule has 0 fully saturated rings. The number of halogens is 1. The number of fused-ring (bicyclic) bond motifs is 1. The first-order valence-electron chi connectivity index (χ1n) is 4.53. The summed E-state index contributed by atoms with van der Waals surface area (Å²) in [5, 5.41) is 13.7. The number of nitrogens with zero attached hydrogens (tertiary/aromatic N) is 1. The summed E-state index contributed by atoms with van der Waals surface area (Å²) in [4.78, 5) is 10.2. The summed E-state index contributed by atoms with van der Waals surface area (Å²) in [5.41, 5.74) is 2.27. The maximum atomic E-state index is 10.5. The molecule has 0 spiro atoms. The summed E-state index contributed by atoms with van der Waals surface area (Å²) in [7, 11) is 0. The van der Waals surface area contributed by atoms with Crippen LogP contribution in [0.5, 0.6) is 0 Å². The molecule has 5 heteroatoms. The minimum atomic E-state index is -0.368. The third kappa shape index (κ3) is 1.90. The quantitative estimate of drug-likeness (QED) is 0.594. The van der Waals surface area contributed by atoms with Crippen molar-refractivity contribution in [2.75, 3.05) is 11.9 Å². The van der Waals surface area contributed by atoms with Gasteiger partial charge in [0.05, 0.1) is 4.92 Å². The largest absolute Gasteiger partial charge is 0.384 e. The lowest BCUT2D eigenvalue weighted by molar-refractivity contribution is -0.384. The average molecular weight is 229 g/mol. The maximum Gasteiger partial charge on any atom is 0.271 e. The molecule has 0 saturated carbocycles. The highest BCUT2D eigenvalue weighted by Gasteiger charge is 2.30. The van der Waals surface area contributed by atoms with Crippen LogP contribution in [0.15, 0.2) is 18.2 Å². The number of nitro benzene ring substituents is 1. The van der Waals surface area contributed by atoms with Crippen LogP contribution < -0.4 is 5.32 Å². The Morgan fingerprint density at radius 1 is 1.47 bits per heavy atom. The molecule has 0 aliphatic carbocycles. The molecule has 0 amide bonds. The predicted molar refractivity (Wildman–Crippen MR) is 61.9 cm³/mol. The van der Waals surface area contributed by atoms with E-state index in [9.17, 15) is 10.1 Å². The van der Waals surface area contributed by atoms with Gasteiger partial charge >= 0.3 is 0 Å². The Morgan fingerprint density at radius 2 is 2.13 bits per heavy atom. The summed E-state index contributed by atoms with van der Waals surface area (Å²) < 4.78 is 0. The fourth-order valence-electron chi connectivity index (χ4n) is 1.79. The summed E-state index contributed by atoms with van der Waals surface area (Å²) in [5.74, 6) is 0. The van der Waals surface area contributed by atoms with Gasteiger partial charge in [0, 0.05) is 29.8 Å². The Morgan fingerprint density at radius 3 is 2.73 bits per heavy atom. The summed E-state index contributed by atoms with van der Waals surface area (Å²) >= 11 is 0. The van der Waals surface area contributed by atoms with E-state index in [4.69, 9.17) is 0 Å². The molecule has 1 aromatic rings. The van der Waals surface area contributed by atoms with Crippen LogP contribution in [0.25, 0.3) is 0 Å². The van der Waals surface area contributed by atoms with Gasteiger partial charge in [-0.2, -0.15) is 0 Å². The summed E-state index contributed by atoms with van der Waals surface area (Å²) in [6.45, 7) is 5.08. The predicted octanol–water partition coefficient (Wildman–Crippen LogP) is 2.72. The van der Waals surface area contributed by atoms with E-state index in [2.05, 4.69) is 19.2 Å². The third-order valence-corrected chi connectivity index (χ3v) is 2.66. The number of hydrogen-bond acceptors (Lipinski definition) is 3. The van der Waals surface area contributed by atoms with E-state index in [-0.39, 0.29) is 28.4 Å². The molecule has 1 aliphatic rings. The van der Waals surface area contributed by atoms with Crippen LogP contribution in [-0.4, -0.2) is 11.5 Å². The Hall–Kier alpha value is -1.29. The SMILES string of the molecule is CC1(C)CNc2cc([N+](=O)[O-])ccc21.Cl. The molecule has 1 N–H and O–H groups in total. The molecule has 0 bridgehead atoms. The molecule has 1 aromatic carbocycles.